The second-order valence-electron chi connectivity index (χ2n) is 7.27. The molecule has 2 atom stereocenters. The molecule has 2 heterocycles. The first kappa shape index (κ1) is 19.3. The molecule has 2 aliphatic rings. The van der Waals surface area contributed by atoms with Crippen molar-refractivity contribution in [2.24, 2.45) is 0 Å². The maximum atomic E-state index is 12.2. The number of amides is 1. The van der Waals surface area contributed by atoms with Crippen LogP contribution in [0.2, 0.25) is 0 Å². The van der Waals surface area contributed by atoms with E-state index in [4.69, 9.17) is 4.74 Å². The second-order valence-corrected chi connectivity index (χ2v) is 9.10. The highest BCUT2D eigenvalue weighted by atomic mass is 32.2. The highest BCUT2D eigenvalue weighted by Crippen LogP contribution is 2.42. The summed E-state index contributed by atoms with van der Waals surface area (Å²) in [6.07, 6.45) is 2.88. The summed E-state index contributed by atoms with van der Waals surface area (Å²) < 4.78 is 30.9. The number of hydrogen-bond acceptors (Lipinski definition) is 5. The summed E-state index contributed by atoms with van der Waals surface area (Å²) in [5.74, 6) is -0.235. The predicted octanol–water partition coefficient (Wildman–Crippen LogP) is 0.809. The van der Waals surface area contributed by atoms with Gasteiger partial charge in [-0.3, -0.25) is 4.79 Å². The van der Waals surface area contributed by atoms with Gasteiger partial charge < -0.3 is 14.7 Å². The Bertz CT molecular complexity index is 729. The third-order valence-corrected chi connectivity index (χ3v) is 5.84. The number of piperidine rings is 1. The Morgan fingerprint density at radius 1 is 1.31 bits per heavy atom. The van der Waals surface area contributed by atoms with Crippen LogP contribution in [0.1, 0.15) is 37.4 Å². The van der Waals surface area contributed by atoms with Crippen LogP contribution in [0.4, 0.5) is 0 Å². The van der Waals surface area contributed by atoms with Crippen LogP contribution in [0.5, 0.6) is 0 Å². The molecule has 2 N–H and O–H groups in total. The van der Waals surface area contributed by atoms with E-state index in [0.29, 0.717) is 38.8 Å². The Balaban J connectivity index is 1.61. The minimum Gasteiger partial charge on any atom is -0.393 e. The standard InChI is InChI=1S/C18H26N2O5S/c1-26(23,24)19-13-17(22)20-9-7-18(8-10-20)12-15(21)11-16(25-18)14-5-3-2-4-6-14/h2-6,15-16,19,21H,7-13H2,1H3/t15-,16-/m1/s1. The number of hydrogen-bond donors (Lipinski definition) is 2. The van der Waals surface area contributed by atoms with Crippen molar-refractivity contribution >= 4 is 15.9 Å². The zero-order chi connectivity index (χ0) is 18.8. The van der Waals surface area contributed by atoms with E-state index in [2.05, 4.69) is 4.72 Å². The summed E-state index contributed by atoms with van der Waals surface area (Å²) in [6, 6.07) is 9.88. The van der Waals surface area contributed by atoms with Crippen molar-refractivity contribution < 1.29 is 23.1 Å². The molecule has 0 radical (unpaired) electrons. The van der Waals surface area contributed by atoms with Gasteiger partial charge in [0.2, 0.25) is 15.9 Å². The zero-order valence-electron chi connectivity index (χ0n) is 14.9. The molecule has 144 valence electrons. The Kier molecular flexibility index (Phi) is 5.67. The average molecular weight is 382 g/mol. The molecule has 0 bridgehead atoms. The summed E-state index contributed by atoms with van der Waals surface area (Å²) >= 11 is 0. The van der Waals surface area contributed by atoms with Crippen LogP contribution in [-0.2, 0) is 19.6 Å². The minimum atomic E-state index is -3.39. The lowest BCUT2D eigenvalue weighted by Gasteiger charge is -2.48. The number of aliphatic hydroxyl groups is 1. The van der Waals surface area contributed by atoms with Gasteiger partial charge in [0.25, 0.3) is 0 Å². The molecule has 0 unspecified atom stereocenters. The number of benzene rings is 1. The van der Waals surface area contributed by atoms with Gasteiger partial charge in [0.05, 0.1) is 30.6 Å². The number of likely N-dealkylation sites (tertiary alicyclic amines) is 1. The minimum absolute atomic E-state index is 0.144. The molecule has 2 saturated heterocycles. The van der Waals surface area contributed by atoms with Gasteiger partial charge in [0.15, 0.2) is 0 Å². The van der Waals surface area contributed by atoms with E-state index in [-0.39, 0.29) is 18.6 Å². The van der Waals surface area contributed by atoms with Gasteiger partial charge in [-0.2, -0.15) is 0 Å². The molecule has 1 aromatic carbocycles. The van der Waals surface area contributed by atoms with Crippen LogP contribution in [0.15, 0.2) is 30.3 Å². The van der Waals surface area contributed by atoms with Crippen molar-refractivity contribution in [3.05, 3.63) is 35.9 Å². The van der Waals surface area contributed by atoms with Gasteiger partial charge in [0.1, 0.15) is 0 Å². The summed E-state index contributed by atoms with van der Waals surface area (Å²) in [5, 5.41) is 10.4. The molecule has 0 saturated carbocycles. The van der Waals surface area contributed by atoms with E-state index in [0.717, 1.165) is 11.8 Å². The highest BCUT2D eigenvalue weighted by Gasteiger charge is 2.44. The van der Waals surface area contributed by atoms with Crippen LogP contribution >= 0.6 is 0 Å². The Hall–Kier alpha value is -1.48. The fourth-order valence-electron chi connectivity index (χ4n) is 3.82. The lowest BCUT2D eigenvalue weighted by atomic mass is 9.81. The fraction of sp³-hybridized carbons (Fsp3) is 0.611. The average Bonchev–Trinajstić information content (AvgIpc) is 2.60. The number of nitrogens with one attached hydrogen (secondary N) is 1. The Labute approximate surface area is 154 Å². The molecule has 1 aromatic rings. The quantitative estimate of drug-likeness (QED) is 0.803. The number of carbonyl (C=O) groups is 1. The number of ether oxygens (including phenoxy) is 1. The molecule has 2 fully saturated rings. The van der Waals surface area contributed by atoms with E-state index in [1.54, 1.807) is 4.90 Å². The number of nitrogens with zero attached hydrogens (tertiary/aromatic N) is 1. The maximum Gasteiger partial charge on any atom is 0.237 e. The molecule has 1 amide bonds. The summed E-state index contributed by atoms with van der Waals surface area (Å²) in [6.45, 7) is 0.777. The lowest BCUT2D eigenvalue weighted by molar-refractivity contribution is -0.185. The van der Waals surface area contributed by atoms with Crippen LogP contribution in [-0.4, -0.2) is 61.9 Å². The van der Waals surface area contributed by atoms with Crippen LogP contribution in [0.25, 0.3) is 0 Å². The van der Waals surface area contributed by atoms with Crippen LogP contribution < -0.4 is 4.72 Å². The van der Waals surface area contributed by atoms with Gasteiger partial charge in [-0.05, 0) is 18.4 Å². The maximum absolute atomic E-state index is 12.2. The summed E-state index contributed by atoms with van der Waals surface area (Å²) in [4.78, 5) is 13.8. The molecule has 26 heavy (non-hydrogen) atoms. The highest BCUT2D eigenvalue weighted by molar-refractivity contribution is 7.88. The van der Waals surface area contributed by atoms with E-state index in [1.807, 2.05) is 30.3 Å². The van der Waals surface area contributed by atoms with Crippen molar-refractivity contribution in [3.63, 3.8) is 0 Å². The third kappa shape index (κ3) is 4.82. The smallest absolute Gasteiger partial charge is 0.237 e. The van der Waals surface area contributed by atoms with Crippen LogP contribution in [0, 0.1) is 0 Å². The molecular weight excluding hydrogens is 356 g/mol. The topological polar surface area (TPSA) is 95.9 Å². The molecule has 8 heteroatoms. The molecule has 2 aliphatic heterocycles. The first-order chi connectivity index (χ1) is 12.3. The number of carbonyl (C=O) groups excluding carboxylic acids is 1. The molecule has 0 aliphatic carbocycles. The SMILES string of the molecule is CS(=O)(=O)NCC(=O)N1CCC2(CC1)C[C@H](O)C[C@H](c1ccccc1)O2. The van der Waals surface area contributed by atoms with Gasteiger partial charge >= 0.3 is 0 Å². The van der Waals surface area contributed by atoms with Crippen molar-refractivity contribution in [2.75, 3.05) is 25.9 Å². The molecule has 3 rings (SSSR count). The second kappa shape index (κ2) is 7.64. The van der Waals surface area contributed by atoms with E-state index >= 15 is 0 Å². The van der Waals surface area contributed by atoms with Crippen LogP contribution in [0.3, 0.4) is 0 Å². The lowest BCUT2D eigenvalue weighted by Crippen LogP contribution is -2.53. The van der Waals surface area contributed by atoms with Gasteiger partial charge in [-0.15, -0.1) is 0 Å². The number of sulfonamides is 1. The van der Waals surface area contributed by atoms with Gasteiger partial charge in [-0.25, -0.2) is 13.1 Å². The third-order valence-electron chi connectivity index (χ3n) is 5.17. The number of rotatable bonds is 4. The van der Waals surface area contributed by atoms with E-state index in [9.17, 15) is 18.3 Å². The van der Waals surface area contributed by atoms with E-state index < -0.39 is 21.7 Å². The largest absolute Gasteiger partial charge is 0.393 e. The molecule has 1 spiro atoms. The molecular formula is C18H26N2O5S. The summed E-state index contributed by atoms with van der Waals surface area (Å²) in [5.41, 5.74) is 0.626. The van der Waals surface area contributed by atoms with Crippen molar-refractivity contribution in [1.29, 1.82) is 0 Å². The zero-order valence-corrected chi connectivity index (χ0v) is 15.7. The van der Waals surface area contributed by atoms with Crippen molar-refractivity contribution in [2.45, 2.75) is 43.5 Å². The normalized spacial score (nSPS) is 26.0. The Morgan fingerprint density at radius 3 is 2.58 bits per heavy atom. The first-order valence-corrected chi connectivity index (χ1v) is 10.8. The Morgan fingerprint density at radius 2 is 1.96 bits per heavy atom. The fourth-order valence-corrected chi connectivity index (χ4v) is 4.21. The number of aliphatic hydroxyl groups excluding tert-OH is 1. The van der Waals surface area contributed by atoms with E-state index in [1.165, 1.54) is 0 Å². The summed E-state index contributed by atoms with van der Waals surface area (Å²) in [7, 11) is -3.39. The van der Waals surface area contributed by atoms with Gasteiger partial charge in [0, 0.05) is 25.9 Å². The molecule has 0 aromatic heterocycles. The predicted molar refractivity (Wildman–Crippen MR) is 96.9 cm³/mol. The monoisotopic (exact) mass is 382 g/mol. The van der Waals surface area contributed by atoms with Crippen molar-refractivity contribution in [3.8, 4) is 0 Å². The first-order valence-electron chi connectivity index (χ1n) is 8.90. The van der Waals surface area contributed by atoms with Crippen molar-refractivity contribution in [1.82, 2.24) is 9.62 Å². The van der Waals surface area contributed by atoms with Gasteiger partial charge in [-0.1, -0.05) is 30.3 Å². The molecule has 7 nitrogen and oxygen atoms in total.